The van der Waals surface area contributed by atoms with Crippen LogP contribution in [0, 0.1) is 19.8 Å². The zero-order valence-electron chi connectivity index (χ0n) is 16.2. The Morgan fingerprint density at radius 2 is 2.00 bits per heavy atom. The van der Waals surface area contributed by atoms with Gasteiger partial charge in [0.25, 0.3) is 5.56 Å². The van der Waals surface area contributed by atoms with Crippen LogP contribution in [0.5, 0.6) is 0 Å². The normalized spacial score (nSPS) is 12.5. The molecule has 0 bridgehead atoms. The van der Waals surface area contributed by atoms with E-state index in [9.17, 15) is 9.59 Å². The average molecular weight is 366 g/mol. The van der Waals surface area contributed by atoms with Crippen molar-refractivity contribution < 1.29 is 4.79 Å². The van der Waals surface area contributed by atoms with Crippen LogP contribution in [-0.4, -0.2) is 20.4 Å². The number of nitrogens with one attached hydrogen (secondary N) is 2. The SMILES string of the molecule is Cc1ccc2nc([C@H](NC(=O)CCn3c(C)cccc3=O)C(C)C)[nH]c2c1. The number of carbonyl (C=O) groups excluding carboxylic acids is 1. The Bertz CT molecular complexity index is 1020. The van der Waals surface area contributed by atoms with Crippen molar-refractivity contribution in [3.8, 4) is 0 Å². The molecule has 1 aromatic carbocycles. The minimum atomic E-state index is -0.209. The van der Waals surface area contributed by atoms with Crippen molar-refractivity contribution in [3.05, 3.63) is 63.8 Å². The third-order valence-electron chi connectivity index (χ3n) is 4.76. The summed E-state index contributed by atoms with van der Waals surface area (Å²) < 4.78 is 1.62. The number of aromatic nitrogens is 3. The molecule has 0 aliphatic heterocycles. The van der Waals surface area contributed by atoms with Gasteiger partial charge in [0.2, 0.25) is 5.91 Å². The summed E-state index contributed by atoms with van der Waals surface area (Å²) in [6, 6.07) is 11.0. The fourth-order valence-corrected chi connectivity index (χ4v) is 3.21. The first-order valence-electron chi connectivity index (χ1n) is 9.27. The number of hydrogen-bond acceptors (Lipinski definition) is 3. The lowest BCUT2D eigenvalue weighted by Gasteiger charge is -2.20. The number of imidazole rings is 1. The number of amides is 1. The van der Waals surface area contributed by atoms with Crippen molar-refractivity contribution >= 4 is 16.9 Å². The topological polar surface area (TPSA) is 79.8 Å². The van der Waals surface area contributed by atoms with Crippen LogP contribution in [0.4, 0.5) is 0 Å². The number of aryl methyl sites for hydroxylation is 2. The Hall–Kier alpha value is -2.89. The molecule has 1 atom stereocenters. The van der Waals surface area contributed by atoms with Gasteiger partial charge in [0.05, 0.1) is 17.1 Å². The van der Waals surface area contributed by atoms with Crippen LogP contribution in [-0.2, 0) is 11.3 Å². The Labute approximate surface area is 158 Å². The molecule has 0 unspecified atom stereocenters. The Kier molecular flexibility index (Phi) is 5.44. The lowest BCUT2D eigenvalue weighted by Crippen LogP contribution is -2.34. The molecule has 27 heavy (non-hydrogen) atoms. The molecule has 3 rings (SSSR count). The van der Waals surface area contributed by atoms with Crippen LogP contribution in [0.15, 0.2) is 41.2 Å². The van der Waals surface area contributed by atoms with E-state index in [1.807, 2.05) is 32.0 Å². The van der Waals surface area contributed by atoms with E-state index in [0.29, 0.717) is 6.54 Å². The van der Waals surface area contributed by atoms with E-state index < -0.39 is 0 Å². The highest BCUT2D eigenvalue weighted by atomic mass is 16.2. The predicted octanol–water partition coefficient (Wildman–Crippen LogP) is 3.25. The van der Waals surface area contributed by atoms with E-state index in [2.05, 4.69) is 35.2 Å². The summed E-state index contributed by atoms with van der Waals surface area (Å²) in [5.74, 6) is 0.837. The van der Waals surface area contributed by atoms with Crippen LogP contribution in [0.25, 0.3) is 11.0 Å². The molecule has 0 saturated heterocycles. The molecule has 2 N–H and O–H groups in total. The van der Waals surface area contributed by atoms with Gasteiger partial charge in [0, 0.05) is 24.7 Å². The van der Waals surface area contributed by atoms with Crippen molar-refractivity contribution in [3.63, 3.8) is 0 Å². The van der Waals surface area contributed by atoms with Crippen molar-refractivity contribution in [2.45, 2.75) is 46.7 Å². The summed E-state index contributed by atoms with van der Waals surface area (Å²) in [6.07, 6.45) is 0.243. The highest BCUT2D eigenvalue weighted by Crippen LogP contribution is 2.23. The molecule has 0 fully saturated rings. The van der Waals surface area contributed by atoms with Gasteiger partial charge < -0.3 is 14.9 Å². The molecule has 6 heteroatoms. The maximum absolute atomic E-state index is 12.5. The van der Waals surface area contributed by atoms with Crippen molar-refractivity contribution in [1.82, 2.24) is 19.9 Å². The standard InChI is InChI=1S/C21H26N4O2/c1-13(2)20(21-22-16-9-8-14(3)12-17(16)23-21)24-18(26)10-11-25-15(4)6-5-7-19(25)27/h5-9,12-13,20H,10-11H2,1-4H3,(H,22,23)(H,24,26)/t20-/m1/s1. The first-order valence-corrected chi connectivity index (χ1v) is 9.27. The Morgan fingerprint density at radius 1 is 1.22 bits per heavy atom. The number of carbonyl (C=O) groups is 1. The molecule has 6 nitrogen and oxygen atoms in total. The molecule has 2 heterocycles. The van der Waals surface area contributed by atoms with Crippen LogP contribution >= 0.6 is 0 Å². The summed E-state index contributed by atoms with van der Waals surface area (Å²) in [5.41, 5.74) is 3.78. The molecule has 142 valence electrons. The van der Waals surface area contributed by atoms with Gasteiger partial charge in [0.15, 0.2) is 0 Å². The first kappa shape index (κ1) is 18.9. The zero-order valence-corrected chi connectivity index (χ0v) is 16.2. The highest BCUT2D eigenvalue weighted by molar-refractivity contribution is 5.78. The van der Waals surface area contributed by atoms with Gasteiger partial charge in [-0.15, -0.1) is 0 Å². The number of pyridine rings is 1. The number of fused-ring (bicyclic) bond motifs is 1. The van der Waals surface area contributed by atoms with E-state index in [4.69, 9.17) is 0 Å². The van der Waals surface area contributed by atoms with Gasteiger partial charge in [-0.1, -0.05) is 26.0 Å². The molecule has 1 amide bonds. The number of H-pyrrole nitrogens is 1. The number of benzene rings is 1. The predicted molar refractivity (Wildman–Crippen MR) is 107 cm³/mol. The van der Waals surface area contributed by atoms with Crippen LogP contribution < -0.4 is 10.9 Å². The smallest absolute Gasteiger partial charge is 0.250 e. The number of rotatable bonds is 6. The fraction of sp³-hybridized carbons (Fsp3) is 0.381. The van der Waals surface area contributed by atoms with E-state index in [0.717, 1.165) is 28.1 Å². The van der Waals surface area contributed by atoms with Gasteiger partial charge in [-0.05, 0) is 43.5 Å². The van der Waals surface area contributed by atoms with Crippen molar-refractivity contribution in [2.75, 3.05) is 0 Å². The second-order valence-corrected chi connectivity index (χ2v) is 7.34. The molecule has 0 radical (unpaired) electrons. The lowest BCUT2D eigenvalue weighted by molar-refractivity contribution is -0.122. The summed E-state index contributed by atoms with van der Waals surface area (Å²) in [5, 5.41) is 3.07. The van der Waals surface area contributed by atoms with Gasteiger partial charge in [-0.25, -0.2) is 4.98 Å². The summed E-state index contributed by atoms with van der Waals surface area (Å²) in [7, 11) is 0. The summed E-state index contributed by atoms with van der Waals surface area (Å²) >= 11 is 0. The molecular formula is C21H26N4O2. The average Bonchev–Trinajstić information content (AvgIpc) is 3.01. The minimum absolute atomic E-state index is 0.0872. The number of nitrogens with zero attached hydrogens (tertiary/aromatic N) is 2. The summed E-state index contributed by atoms with van der Waals surface area (Å²) in [4.78, 5) is 32.5. The summed E-state index contributed by atoms with van der Waals surface area (Å²) in [6.45, 7) is 8.37. The first-order chi connectivity index (χ1) is 12.8. The zero-order chi connectivity index (χ0) is 19.6. The van der Waals surface area contributed by atoms with Crippen LogP contribution in [0.3, 0.4) is 0 Å². The van der Waals surface area contributed by atoms with E-state index in [1.54, 1.807) is 10.6 Å². The second kappa shape index (κ2) is 7.78. The molecule has 0 aliphatic carbocycles. The van der Waals surface area contributed by atoms with Crippen molar-refractivity contribution in [2.24, 2.45) is 5.92 Å². The molecular weight excluding hydrogens is 340 g/mol. The van der Waals surface area contributed by atoms with E-state index in [-0.39, 0.29) is 29.8 Å². The van der Waals surface area contributed by atoms with Gasteiger partial charge >= 0.3 is 0 Å². The third-order valence-corrected chi connectivity index (χ3v) is 4.76. The Balaban J connectivity index is 1.73. The monoisotopic (exact) mass is 366 g/mol. The maximum Gasteiger partial charge on any atom is 0.250 e. The highest BCUT2D eigenvalue weighted by Gasteiger charge is 2.22. The molecule has 3 aromatic rings. The molecule has 0 spiro atoms. The second-order valence-electron chi connectivity index (χ2n) is 7.34. The lowest BCUT2D eigenvalue weighted by atomic mass is 10.0. The van der Waals surface area contributed by atoms with Crippen LogP contribution in [0.1, 0.15) is 43.4 Å². The quantitative estimate of drug-likeness (QED) is 0.703. The molecule has 0 aliphatic rings. The van der Waals surface area contributed by atoms with Gasteiger partial charge in [-0.3, -0.25) is 9.59 Å². The molecule has 2 aromatic heterocycles. The third kappa shape index (κ3) is 4.27. The van der Waals surface area contributed by atoms with Crippen molar-refractivity contribution in [1.29, 1.82) is 0 Å². The van der Waals surface area contributed by atoms with E-state index in [1.165, 1.54) is 6.07 Å². The van der Waals surface area contributed by atoms with E-state index >= 15 is 0 Å². The van der Waals surface area contributed by atoms with Gasteiger partial charge in [-0.2, -0.15) is 0 Å². The number of aromatic amines is 1. The van der Waals surface area contributed by atoms with Gasteiger partial charge in [0.1, 0.15) is 5.82 Å². The Morgan fingerprint density at radius 3 is 2.70 bits per heavy atom. The fourth-order valence-electron chi connectivity index (χ4n) is 3.21. The number of hydrogen-bond donors (Lipinski definition) is 2. The minimum Gasteiger partial charge on any atom is -0.346 e. The maximum atomic E-state index is 12.5. The largest absolute Gasteiger partial charge is 0.346 e. The molecule has 0 saturated carbocycles. The van der Waals surface area contributed by atoms with Crippen LogP contribution in [0.2, 0.25) is 0 Å².